The Kier molecular flexibility index (Phi) is 4.08. The second kappa shape index (κ2) is 5.96. The lowest BCUT2D eigenvalue weighted by molar-refractivity contribution is -0.115. The van der Waals surface area contributed by atoms with Crippen LogP contribution in [0.3, 0.4) is 0 Å². The van der Waals surface area contributed by atoms with E-state index in [4.69, 9.17) is 0 Å². The Bertz CT molecular complexity index is 555. The normalized spacial score (nSPS) is 17.9. The van der Waals surface area contributed by atoms with Gasteiger partial charge in [0.1, 0.15) is 0 Å². The maximum atomic E-state index is 12.1. The molecule has 96 valence electrons. The van der Waals surface area contributed by atoms with Crippen molar-refractivity contribution >= 4 is 11.7 Å². The van der Waals surface area contributed by atoms with Gasteiger partial charge in [-0.25, -0.2) is 0 Å². The number of hydrogen-bond donors (Lipinski definition) is 0. The van der Waals surface area contributed by atoms with Gasteiger partial charge in [0.15, 0.2) is 5.78 Å². The number of amides is 1. The van der Waals surface area contributed by atoms with E-state index in [0.717, 1.165) is 0 Å². The molecule has 0 bridgehead atoms. The Morgan fingerprint density at radius 2 is 1.95 bits per heavy atom. The van der Waals surface area contributed by atoms with Gasteiger partial charge in [-0.2, -0.15) is 0 Å². The zero-order valence-electron chi connectivity index (χ0n) is 10.7. The van der Waals surface area contributed by atoms with Crippen molar-refractivity contribution < 1.29 is 9.59 Å². The molecular formula is C16H15NO2. The van der Waals surface area contributed by atoms with Crippen LogP contribution in [0.1, 0.15) is 10.4 Å². The maximum absolute atomic E-state index is 12.1. The summed E-state index contributed by atoms with van der Waals surface area (Å²) in [6.45, 7) is 0. The molecule has 0 saturated carbocycles. The topological polar surface area (TPSA) is 37.4 Å². The van der Waals surface area contributed by atoms with Crippen LogP contribution in [0.2, 0.25) is 0 Å². The third kappa shape index (κ3) is 3.28. The van der Waals surface area contributed by atoms with Crippen molar-refractivity contribution in [2.24, 2.45) is 5.92 Å². The summed E-state index contributed by atoms with van der Waals surface area (Å²) in [6.07, 6.45) is 10.2. The van der Waals surface area contributed by atoms with E-state index >= 15 is 0 Å². The Morgan fingerprint density at radius 1 is 1.21 bits per heavy atom. The van der Waals surface area contributed by atoms with Crippen LogP contribution in [-0.4, -0.2) is 23.6 Å². The van der Waals surface area contributed by atoms with Crippen LogP contribution in [0.5, 0.6) is 0 Å². The lowest BCUT2D eigenvalue weighted by Crippen LogP contribution is -2.21. The molecule has 0 spiro atoms. The lowest BCUT2D eigenvalue weighted by Gasteiger charge is -2.13. The number of nitrogens with zero attached hydrogens (tertiary/aromatic N) is 1. The smallest absolute Gasteiger partial charge is 0.257 e. The molecule has 2 rings (SSSR count). The fraction of sp³-hybridized carbons (Fsp3) is 0.125. The van der Waals surface area contributed by atoms with E-state index in [1.807, 2.05) is 24.3 Å². The summed E-state index contributed by atoms with van der Waals surface area (Å²) in [5.41, 5.74) is 0.625. The molecule has 1 aromatic rings. The largest absolute Gasteiger partial charge is 0.318 e. The second-order valence-corrected chi connectivity index (χ2v) is 4.30. The standard InChI is InChI=1S/C16H15NO2/c1-17(16(19)14-8-3-2-4-9-14)12-11-13-7-5-6-10-15(13)18/h2-13H,1H3. The average molecular weight is 253 g/mol. The third-order valence-corrected chi connectivity index (χ3v) is 2.88. The molecule has 3 heteroatoms. The molecule has 19 heavy (non-hydrogen) atoms. The summed E-state index contributed by atoms with van der Waals surface area (Å²) < 4.78 is 0. The van der Waals surface area contributed by atoms with Crippen molar-refractivity contribution in [1.82, 2.24) is 4.90 Å². The van der Waals surface area contributed by atoms with Crippen molar-refractivity contribution in [2.45, 2.75) is 0 Å². The highest BCUT2D eigenvalue weighted by atomic mass is 16.2. The van der Waals surface area contributed by atoms with Gasteiger partial charge in [-0.05, 0) is 18.2 Å². The number of benzene rings is 1. The summed E-state index contributed by atoms with van der Waals surface area (Å²) in [6, 6.07) is 9.04. The molecule has 0 saturated heterocycles. The molecule has 1 aromatic carbocycles. The SMILES string of the molecule is CN(C=CC1C=CC=CC1=O)C(=O)c1ccccc1. The summed E-state index contributed by atoms with van der Waals surface area (Å²) in [4.78, 5) is 25.1. The molecule has 0 radical (unpaired) electrons. The van der Waals surface area contributed by atoms with Gasteiger partial charge in [-0.3, -0.25) is 9.59 Å². The molecule has 0 aromatic heterocycles. The van der Waals surface area contributed by atoms with Crippen LogP contribution in [0, 0.1) is 5.92 Å². The van der Waals surface area contributed by atoms with E-state index in [0.29, 0.717) is 5.56 Å². The van der Waals surface area contributed by atoms with E-state index < -0.39 is 0 Å². The first-order chi connectivity index (χ1) is 9.18. The van der Waals surface area contributed by atoms with E-state index in [2.05, 4.69) is 0 Å². The van der Waals surface area contributed by atoms with Crippen molar-refractivity contribution in [3.63, 3.8) is 0 Å². The molecule has 1 amide bonds. The number of hydrogen-bond acceptors (Lipinski definition) is 2. The lowest BCUT2D eigenvalue weighted by atomic mass is 9.99. The first kappa shape index (κ1) is 13.0. The summed E-state index contributed by atoms with van der Waals surface area (Å²) in [5.74, 6) is -0.352. The molecular weight excluding hydrogens is 238 g/mol. The number of rotatable bonds is 3. The van der Waals surface area contributed by atoms with Crippen LogP contribution in [0.25, 0.3) is 0 Å². The second-order valence-electron chi connectivity index (χ2n) is 4.30. The monoisotopic (exact) mass is 253 g/mol. The minimum Gasteiger partial charge on any atom is -0.318 e. The van der Waals surface area contributed by atoms with Gasteiger partial charge in [-0.1, -0.05) is 42.5 Å². The van der Waals surface area contributed by atoms with E-state index in [-0.39, 0.29) is 17.6 Å². The zero-order valence-corrected chi connectivity index (χ0v) is 10.7. The minimum atomic E-state index is -0.281. The van der Waals surface area contributed by atoms with Gasteiger partial charge < -0.3 is 4.90 Å². The highest BCUT2D eigenvalue weighted by molar-refractivity contribution is 5.96. The molecule has 1 unspecified atom stereocenters. The molecule has 0 fully saturated rings. The zero-order chi connectivity index (χ0) is 13.7. The average Bonchev–Trinajstić information content (AvgIpc) is 2.46. The molecule has 0 heterocycles. The van der Waals surface area contributed by atoms with Gasteiger partial charge in [0.2, 0.25) is 0 Å². The van der Waals surface area contributed by atoms with Crippen molar-refractivity contribution in [3.05, 3.63) is 72.5 Å². The molecule has 0 aliphatic heterocycles. The van der Waals surface area contributed by atoms with Gasteiger partial charge in [0.25, 0.3) is 5.91 Å². The molecule has 0 N–H and O–H groups in total. The Hall–Kier alpha value is -2.42. The highest BCUT2D eigenvalue weighted by Crippen LogP contribution is 2.10. The Morgan fingerprint density at radius 3 is 2.63 bits per heavy atom. The van der Waals surface area contributed by atoms with E-state index in [1.54, 1.807) is 43.6 Å². The van der Waals surface area contributed by atoms with E-state index in [9.17, 15) is 9.59 Å². The van der Waals surface area contributed by atoms with Crippen LogP contribution in [0.4, 0.5) is 0 Å². The van der Waals surface area contributed by atoms with Crippen LogP contribution in [0.15, 0.2) is 66.9 Å². The van der Waals surface area contributed by atoms with Crippen LogP contribution in [-0.2, 0) is 4.79 Å². The summed E-state index contributed by atoms with van der Waals surface area (Å²) in [5, 5.41) is 0. The molecule has 1 atom stereocenters. The van der Waals surface area contributed by atoms with Gasteiger partial charge in [-0.15, -0.1) is 0 Å². The molecule has 1 aliphatic carbocycles. The maximum Gasteiger partial charge on any atom is 0.257 e. The quantitative estimate of drug-likeness (QED) is 0.830. The summed E-state index contributed by atoms with van der Waals surface area (Å²) >= 11 is 0. The highest BCUT2D eigenvalue weighted by Gasteiger charge is 2.13. The number of carbonyl (C=O) groups excluding carboxylic acids is 2. The Labute approximate surface area is 112 Å². The third-order valence-electron chi connectivity index (χ3n) is 2.88. The Balaban J connectivity index is 2.03. The number of carbonyl (C=O) groups is 2. The number of allylic oxidation sites excluding steroid dienone is 5. The fourth-order valence-electron chi connectivity index (χ4n) is 1.77. The summed E-state index contributed by atoms with van der Waals surface area (Å²) in [7, 11) is 1.68. The fourth-order valence-corrected chi connectivity index (χ4v) is 1.77. The predicted octanol–water partition coefficient (Wildman–Crippen LogP) is 2.58. The number of ketones is 1. The first-order valence-electron chi connectivity index (χ1n) is 6.08. The van der Waals surface area contributed by atoms with Crippen molar-refractivity contribution in [2.75, 3.05) is 7.05 Å². The van der Waals surface area contributed by atoms with Crippen LogP contribution >= 0.6 is 0 Å². The predicted molar refractivity (Wildman–Crippen MR) is 74.5 cm³/mol. The van der Waals surface area contributed by atoms with Gasteiger partial charge in [0, 0.05) is 18.8 Å². The van der Waals surface area contributed by atoms with Crippen LogP contribution < -0.4 is 0 Å². The van der Waals surface area contributed by atoms with E-state index in [1.165, 1.54) is 11.0 Å². The van der Waals surface area contributed by atoms with Gasteiger partial charge >= 0.3 is 0 Å². The molecule has 1 aliphatic rings. The molecule has 3 nitrogen and oxygen atoms in total. The van der Waals surface area contributed by atoms with Crippen molar-refractivity contribution in [1.29, 1.82) is 0 Å². The minimum absolute atomic E-state index is 0.0271. The van der Waals surface area contributed by atoms with Gasteiger partial charge in [0.05, 0.1) is 5.92 Å². The van der Waals surface area contributed by atoms with Crippen molar-refractivity contribution in [3.8, 4) is 0 Å². The first-order valence-corrected chi connectivity index (χ1v) is 6.08.